The van der Waals surface area contributed by atoms with Crippen molar-refractivity contribution in [2.45, 2.75) is 0 Å². The molecule has 0 aliphatic heterocycles. The molecule has 0 saturated carbocycles. The summed E-state index contributed by atoms with van der Waals surface area (Å²) in [6, 6.07) is 11.2. The number of hydrogen-bond acceptors (Lipinski definition) is 2. The third-order valence-electron chi connectivity index (χ3n) is 2.26. The summed E-state index contributed by atoms with van der Waals surface area (Å²) in [6.45, 7) is 0. The van der Waals surface area contributed by atoms with Crippen LogP contribution in [0.2, 0.25) is 5.02 Å². The van der Waals surface area contributed by atoms with Crippen LogP contribution >= 0.6 is 11.6 Å². The average Bonchev–Trinajstić information content (AvgIpc) is 2.29. The van der Waals surface area contributed by atoms with Gasteiger partial charge in [-0.05, 0) is 35.9 Å². The highest BCUT2D eigenvalue weighted by Crippen LogP contribution is 2.30. The Bertz CT molecular complexity index is 534. The molecule has 0 spiro atoms. The summed E-state index contributed by atoms with van der Waals surface area (Å²) in [5.74, 6) is 0.0974. The molecule has 1 N–H and O–H groups in total. The van der Waals surface area contributed by atoms with Gasteiger partial charge in [0.2, 0.25) is 0 Å². The van der Waals surface area contributed by atoms with E-state index in [9.17, 15) is 4.39 Å². The van der Waals surface area contributed by atoms with Crippen LogP contribution in [-0.4, -0.2) is 12.7 Å². The lowest BCUT2D eigenvalue weighted by atomic mass is 10.1. The van der Waals surface area contributed by atoms with E-state index in [0.717, 1.165) is 5.56 Å². The van der Waals surface area contributed by atoms with Crippen LogP contribution in [0.15, 0.2) is 42.5 Å². The number of benzene rings is 2. The zero-order valence-electron chi connectivity index (χ0n) is 8.73. The van der Waals surface area contributed by atoms with Gasteiger partial charge in [-0.2, -0.15) is 0 Å². The smallest absolute Gasteiger partial charge is 0.537 e. The summed E-state index contributed by atoms with van der Waals surface area (Å²) in [6.07, 6.45) is 0. The standard InChI is InChI=1S/C12H8BClFO2/c14-12-7-9(15)4-5-11(12)8-2-1-3-10(6-8)17-13-16/h1-7,16H. The Labute approximate surface area is 104 Å². The van der Waals surface area contributed by atoms with Crippen LogP contribution in [0.1, 0.15) is 0 Å². The average molecular weight is 249 g/mol. The minimum Gasteiger partial charge on any atom is -0.537 e. The van der Waals surface area contributed by atoms with Gasteiger partial charge in [-0.3, -0.25) is 0 Å². The molecule has 17 heavy (non-hydrogen) atoms. The summed E-state index contributed by atoms with van der Waals surface area (Å²) in [5, 5.41) is 8.88. The molecule has 0 bridgehead atoms. The molecule has 0 aromatic heterocycles. The molecule has 0 fully saturated rings. The first kappa shape index (κ1) is 12.0. The van der Waals surface area contributed by atoms with Gasteiger partial charge in [0.25, 0.3) is 0 Å². The number of rotatable bonds is 3. The molecule has 0 aliphatic carbocycles. The van der Waals surface area contributed by atoms with Crippen LogP contribution in [0.25, 0.3) is 11.1 Å². The molecule has 2 aromatic rings. The van der Waals surface area contributed by atoms with Gasteiger partial charge < -0.3 is 9.68 Å². The van der Waals surface area contributed by atoms with Crippen molar-refractivity contribution in [2.24, 2.45) is 0 Å². The van der Waals surface area contributed by atoms with Crippen LogP contribution in [0.4, 0.5) is 4.39 Å². The van der Waals surface area contributed by atoms with E-state index in [1.165, 1.54) is 12.1 Å². The SMILES string of the molecule is O[B]Oc1cccc(-c2ccc(F)cc2Cl)c1. The summed E-state index contributed by atoms with van der Waals surface area (Å²) < 4.78 is 17.8. The lowest BCUT2D eigenvalue weighted by molar-refractivity contribution is 0.454. The molecule has 2 nitrogen and oxygen atoms in total. The van der Waals surface area contributed by atoms with E-state index in [1.54, 1.807) is 24.3 Å². The van der Waals surface area contributed by atoms with Gasteiger partial charge in [0, 0.05) is 5.56 Å². The lowest BCUT2D eigenvalue weighted by Crippen LogP contribution is -1.99. The summed E-state index contributed by atoms with van der Waals surface area (Å²) in [7, 11) is 0.603. The first-order valence-corrected chi connectivity index (χ1v) is 5.26. The fourth-order valence-electron chi connectivity index (χ4n) is 1.52. The van der Waals surface area contributed by atoms with Crippen molar-refractivity contribution >= 4 is 19.3 Å². The van der Waals surface area contributed by atoms with Gasteiger partial charge in [0.1, 0.15) is 11.6 Å². The first-order valence-electron chi connectivity index (χ1n) is 4.89. The monoisotopic (exact) mass is 249 g/mol. The second-order valence-corrected chi connectivity index (χ2v) is 3.78. The largest absolute Gasteiger partial charge is 0.569 e. The molecule has 5 heteroatoms. The van der Waals surface area contributed by atoms with Gasteiger partial charge in [-0.15, -0.1) is 0 Å². The maximum atomic E-state index is 12.9. The maximum Gasteiger partial charge on any atom is 0.569 e. The predicted octanol–water partition coefficient (Wildman–Crippen LogP) is 3.05. The molecule has 0 unspecified atom stereocenters. The Morgan fingerprint density at radius 2 is 2.00 bits per heavy atom. The molecule has 0 amide bonds. The Balaban J connectivity index is 2.42. The number of halogens is 2. The Hall–Kier alpha value is -1.52. The minimum absolute atomic E-state index is 0.329. The number of hydrogen-bond donors (Lipinski definition) is 1. The molecular weight excluding hydrogens is 241 g/mol. The van der Waals surface area contributed by atoms with E-state index >= 15 is 0 Å². The van der Waals surface area contributed by atoms with Crippen molar-refractivity contribution in [1.82, 2.24) is 0 Å². The van der Waals surface area contributed by atoms with Crippen molar-refractivity contribution in [3.63, 3.8) is 0 Å². The Kier molecular flexibility index (Phi) is 3.66. The highest BCUT2D eigenvalue weighted by atomic mass is 35.5. The highest BCUT2D eigenvalue weighted by molar-refractivity contribution is 6.33. The highest BCUT2D eigenvalue weighted by Gasteiger charge is 2.06. The third kappa shape index (κ3) is 2.78. The maximum absolute atomic E-state index is 12.9. The van der Waals surface area contributed by atoms with Crippen LogP contribution in [0, 0.1) is 5.82 Å². The zero-order valence-corrected chi connectivity index (χ0v) is 9.49. The van der Waals surface area contributed by atoms with Gasteiger partial charge in [0.05, 0.1) is 5.02 Å². The summed E-state index contributed by atoms with van der Waals surface area (Å²) in [5.41, 5.74) is 1.49. The predicted molar refractivity (Wildman–Crippen MR) is 65.4 cm³/mol. The topological polar surface area (TPSA) is 29.5 Å². The minimum atomic E-state index is -0.380. The van der Waals surface area contributed by atoms with Crippen molar-refractivity contribution in [3.8, 4) is 16.9 Å². The fraction of sp³-hybridized carbons (Fsp3) is 0. The lowest BCUT2D eigenvalue weighted by Gasteiger charge is -2.07. The van der Waals surface area contributed by atoms with Crippen molar-refractivity contribution in [1.29, 1.82) is 0 Å². The van der Waals surface area contributed by atoms with Gasteiger partial charge >= 0.3 is 7.69 Å². The van der Waals surface area contributed by atoms with E-state index in [4.69, 9.17) is 21.3 Å². The molecule has 0 aliphatic rings. The van der Waals surface area contributed by atoms with Crippen molar-refractivity contribution in [3.05, 3.63) is 53.3 Å². The van der Waals surface area contributed by atoms with Crippen LogP contribution in [-0.2, 0) is 0 Å². The summed E-state index contributed by atoms with van der Waals surface area (Å²) >= 11 is 5.96. The van der Waals surface area contributed by atoms with E-state index < -0.39 is 0 Å². The molecule has 2 rings (SSSR count). The summed E-state index contributed by atoms with van der Waals surface area (Å²) in [4.78, 5) is 0. The molecule has 0 heterocycles. The van der Waals surface area contributed by atoms with Gasteiger partial charge in [-0.25, -0.2) is 4.39 Å². The van der Waals surface area contributed by atoms with E-state index in [-0.39, 0.29) is 5.82 Å². The van der Waals surface area contributed by atoms with Crippen LogP contribution in [0.5, 0.6) is 5.75 Å². The molecular formula is C12H8BClFO2. The van der Waals surface area contributed by atoms with Crippen LogP contribution in [0.3, 0.4) is 0 Å². The Morgan fingerprint density at radius 3 is 2.71 bits per heavy atom. The normalized spacial score (nSPS) is 10.1. The van der Waals surface area contributed by atoms with Gasteiger partial charge in [0.15, 0.2) is 0 Å². The zero-order chi connectivity index (χ0) is 12.3. The van der Waals surface area contributed by atoms with Crippen LogP contribution < -0.4 is 4.65 Å². The van der Waals surface area contributed by atoms with E-state index in [1.807, 2.05) is 6.07 Å². The van der Waals surface area contributed by atoms with Crippen molar-refractivity contribution < 1.29 is 14.1 Å². The third-order valence-corrected chi connectivity index (χ3v) is 2.58. The molecule has 85 valence electrons. The fourth-order valence-corrected chi connectivity index (χ4v) is 1.80. The Morgan fingerprint density at radius 1 is 1.18 bits per heavy atom. The van der Waals surface area contributed by atoms with Gasteiger partial charge in [-0.1, -0.05) is 23.7 Å². The quantitative estimate of drug-likeness (QED) is 0.847. The molecule has 0 saturated heterocycles. The first-order chi connectivity index (χ1) is 8.20. The molecule has 1 radical (unpaired) electrons. The second kappa shape index (κ2) is 5.21. The second-order valence-electron chi connectivity index (χ2n) is 3.38. The van der Waals surface area contributed by atoms with Crippen molar-refractivity contribution in [2.75, 3.05) is 0 Å². The molecule has 0 atom stereocenters. The molecule has 2 aromatic carbocycles. The van der Waals surface area contributed by atoms with E-state index in [2.05, 4.69) is 0 Å². The van der Waals surface area contributed by atoms with E-state index in [0.29, 0.717) is 24.0 Å².